The first-order valence-corrected chi connectivity index (χ1v) is 11.4. The third-order valence-corrected chi connectivity index (χ3v) is 5.69. The monoisotopic (exact) mass is 476 g/mol. The molecule has 184 valence electrons. The number of anilines is 2. The van der Waals surface area contributed by atoms with Gasteiger partial charge in [-0.15, -0.1) is 0 Å². The molecule has 34 heavy (non-hydrogen) atoms. The van der Waals surface area contributed by atoms with E-state index in [0.29, 0.717) is 24.9 Å². The molecule has 2 unspecified atom stereocenters. The van der Waals surface area contributed by atoms with E-state index in [0.717, 1.165) is 31.7 Å². The Hall–Kier alpha value is -3.14. The number of nitrogens with one attached hydrogen (secondary N) is 2. The fourth-order valence-corrected chi connectivity index (χ4v) is 4.16. The van der Waals surface area contributed by atoms with Crippen molar-refractivity contribution in [1.29, 1.82) is 0 Å². The second-order valence-electron chi connectivity index (χ2n) is 8.15. The van der Waals surface area contributed by atoms with Crippen LogP contribution in [0.15, 0.2) is 42.7 Å². The van der Waals surface area contributed by atoms with Crippen LogP contribution in [0.1, 0.15) is 55.5 Å². The van der Waals surface area contributed by atoms with E-state index in [1.54, 1.807) is 12.3 Å². The molecular formula is C24H31F3N6O. The lowest BCUT2D eigenvalue weighted by Gasteiger charge is -2.46. The van der Waals surface area contributed by atoms with Gasteiger partial charge in [-0.1, -0.05) is 38.5 Å². The molecule has 3 fully saturated rings. The van der Waals surface area contributed by atoms with Gasteiger partial charge in [0.05, 0.1) is 13.4 Å². The van der Waals surface area contributed by atoms with E-state index in [1.807, 2.05) is 6.07 Å². The second kappa shape index (κ2) is 11.8. The number of benzene rings is 1. The molecule has 0 aliphatic carbocycles. The molecule has 2 bridgehead atoms. The highest BCUT2D eigenvalue weighted by Crippen LogP contribution is 2.29. The molecule has 3 saturated heterocycles. The first kappa shape index (κ1) is 25.5. The molecule has 6 rings (SSSR count). The normalized spacial score (nSPS) is 18.7. The first-order chi connectivity index (χ1) is 16.5. The molecule has 3 aliphatic rings. The van der Waals surface area contributed by atoms with Crippen LogP contribution in [0.2, 0.25) is 0 Å². The maximum Gasteiger partial charge on any atom is 0.265 e. The quantitative estimate of drug-likeness (QED) is 0.563. The maximum atomic E-state index is 13.2. The topological polar surface area (TPSA) is 74.6 Å². The molecule has 1 aromatic carbocycles. The predicted molar refractivity (Wildman–Crippen MR) is 127 cm³/mol. The van der Waals surface area contributed by atoms with Gasteiger partial charge in [0.1, 0.15) is 11.4 Å². The van der Waals surface area contributed by atoms with Crippen molar-refractivity contribution in [2.75, 3.05) is 30.5 Å². The number of hydrogen-bond acceptors (Lipinski definition) is 5. The number of aromatic nitrogens is 3. The van der Waals surface area contributed by atoms with Gasteiger partial charge in [0.15, 0.2) is 5.65 Å². The average Bonchev–Trinajstić information content (AvgIpc) is 3.30. The first-order valence-electron chi connectivity index (χ1n) is 11.4. The Labute approximate surface area is 197 Å². The zero-order valence-electron chi connectivity index (χ0n) is 19.6. The molecule has 2 atom stereocenters. The minimum Gasteiger partial charge on any atom is -0.351 e. The Bertz CT molecular complexity index is 1080. The zero-order chi connectivity index (χ0) is 24.7. The highest BCUT2D eigenvalue weighted by molar-refractivity contribution is 6.08. The number of fused-ring (bicyclic) bond motifs is 4. The van der Waals surface area contributed by atoms with Crippen LogP contribution in [-0.4, -0.2) is 52.9 Å². The van der Waals surface area contributed by atoms with Crippen LogP contribution in [0.3, 0.4) is 0 Å². The van der Waals surface area contributed by atoms with Gasteiger partial charge in [-0.25, -0.2) is 18.3 Å². The smallest absolute Gasteiger partial charge is 0.265 e. The molecule has 0 saturated carbocycles. The van der Waals surface area contributed by atoms with Crippen molar-refractivity contribution in [1.82, 2.24) is 19.9 Å². The van der Waals surface area contributed by atoms with Crippen LogP contribution in [-0.2, 0) is 0 Å². The number of amides is 1. The Kier molecular flexibility index (Phi) is 8.86. The molecular weight excluding hydrogens is 445 g/mol. The molecule has 3 aromatic rings. The van der Waals surface area contributed by atoms with E-state index in [4.69, 9.17) is 0 Å². The minimum absolute atomic E-state index is 0.0856. The average molecular weight is 477 g/mol. The number of rotatable bonds is 4. The van der Waals surface area contributed by atoms with E-state index in [2.05, 4.69) is 39.5 Å². The van der Waals surface area contributed by atoms with Gasteiger partial charge in [0, 0.05) is 42.6 Å². The van der Waals surface area contributed by atoms with Crippen molar-refractivity contribution >= 4 is 23.1 Å². The summed E-state index contributed by atoms with van der Waals surface area (Å²) in [6, 6.07) is 8.61. The summed E-state index contributed by atoms with van der Waals surface area (Å²) >= 11 is 0. The molecule has 0 radical (unpaired) electrons. The number of carbonyl (C=O) groups is 1. The van der Waals surface area contributed by atoms with Crippen molar-refractivity contribution in [3.8, 4) is 0 Å². The molecule has 0 spiro atoms. The van der Waals surface area contributed by atoms with Crippen molar-refractivity contribution in [2.45, 2.75) is 51.6 Å². The number of hydrogen-bond donors (Lipinski definition) is 2. The van der Waals surface area contributed by atoms with Crippen LogP contribution in [0.25, 0.3) is 5.65 Å². The zero-order valence-corrected chi connectivity index (χ0v) is 19.6. The van der Waals surface area contributed by atoms with E-state index in [-0.39, 0.29) is 16.8 Å². The van der Waals surface area contributed by atoms with Gasteiger partial charge in [0.25, 0.3) is 12.3 Å². The number of piperidine rings is 2. The summed E-state index contributed by atoms with van der Waals surface area (Å²) in [4.78, 5) is 19.8. The number of nitrogens with zero attached hydrogens (tertiary/aromatic N) is 4. The fraction of sp³-hybridized carbons (Fsp3) is 0.458. The Morgan fingerprint density at radius 3 is 2.56 bits per heavy atom. The lowest BCUT2D eigenvalue weighted by molar-refractivity contribution is 0.102. The van der Waals surface area contributed by atoms with Gasteiger partial charge in [-0.2, -0.15) is 5.10 Å². The van der Waals surface area contributed by atoms with Crippen LogP contribution in [0.4, 0.5) is 24.7 Å². The third kappa shape index (κ3) is 5.49. The van der Waals surface area contributed by atoms with Gasteiger partial charge in [-0.05, 0) is 25.0 Å². The molecule has 5 heterocycles. The largest absolute Gasteiger partial charge is 0.351 e. The minimum atomic E-state index is -2.68. The molecule has 2 aromatic heterocycles. The Morgan fingerprint density at radius 2 is 1.94 bits per heavy atom. The van der Waals surface area contributed by atoms with Gasteiger partial charge < -0.3 is 15.5 Å². The summed E-state index contributed by atoms with van der Waals surface area (Å²) in [5, 5.41) is 10.3. The molecule has 3 aliphatic heterocycles. The highest BCUT2D eigenvalue weighted by Gasteiger charge is 2.34. The van der Waals surface area contributed by atoms with E-state index >= 15 is 0 Å². The Balaban J connectivity index is 0.000000603. The van der Waals surface area contributed by atoms with Crippen molar-refractivity contribution in [3.05, 3.63) is 53.9 Å². The number of carbonyl (C=O) groups excluding carboxylic acids is 1. The summed E-state index contributed by atoms with van der Waals surface area (Å²) in [6.07, 6.45) is 4.03. The summed E-state index contributed by atoms with van der Waals surface area (Å²) in [5.74, 6) is 0.288. The summed E-state index contributed by atoms with van der Waals surface area (Å²) in [7, 11) is 0.500. The van der Waals surface area contributed by atoms with Crippen LogP contribution in [0.5, 0.6) is 0 Å². The standard InChI is InChI=1S/C20H20F2N6O.C3H8.CH3F/c21-18(22)14-3-1-2-4-16(14)25-20(29)15-10-24-28-8-7-17(26-19(15)28)27-11-12-5-6-13(27)9-23-12;1-3-2;1-2/h1-4,7-8,10,12-13,18,23H,5-6,9,11H2,(H,25,29);3H2,1-2H3;1H3. The lowest BCUT2D eigenvalue weighted by atomic mass is 9.93. The summed E-state index contributed by atoms with van der Waals surface area (Å²) in [5.41, 5.74) is 0.519. The van der Waals surface area contributed by atoms with E-state index in [9.17, 15) is 18.0 Å². The van der Waals surface area contributed by atoms with E-state index in [1.165, 1.54) is 35.3 Å². The number of para-hydroxylation sites is 1. The molecule has 1 amide bonds. The Morgan fingerprint density at radius 1 is 1.21 bits per heavy atom. The molecule has 10 heteroatoms. The predicted octanol–water partition coefficient (Wildman–Crippen LogP) is 4.86. The van der Waals surface area contributed by atoms with Crippen LogP contribution in [0, 0.1) is 0 Å². The number of halogens is 3. The van der Waals surface area contributed by atoms with Crippen molar-refractivity contribution in [2.24, 2.45) is 0 Å². The van der Waals surface area contributed by atoms with Gasteiger partial charge in [0.2, 0.25) is 0 Å². The molecule has 2 N–H and O–H groups in total. The van der Waals surface area contributed by atoms with E-state index < -0.39 is 12.3 Å². The van der Waals surface area contributed by atoms with Gasteiger partial charge >= 0.3 is 0 Å². The summed E-state index contributed by atoms with van der Waals surface area (Å²) in [6.45, 7) is 6.06. The van der Waals surface area contributed by atoms with Crippen LogP contribution < -0.4 is 15.5 Å². The lowest BCUT2D eigenvalue weighted by Crippen LogP contribution is -2.61. The third-order valence-electron chi connectivity index (χ3n) is 5.69. The summed E-state index contributed by atoms with van der Waals surface area (Å²) < 4.78 is 37.5. The van der Waals surface area contributed by atoms with Crippen molar-refractivity contribution < 1.29 is 18.0 Å². The van der Waals surface area contributed by atoms with Crippen LogP contribution >= 0.6 is 0 Å². The maximum absolute atomic E-state index is 13.2. The van der Waals surface area contributed by atoms with Gasteiger partial charge in [-0.3, -0.25) is 9.18 Å². The highest BCUT2D eigenvalue weighted by atomic mass is 19.3. The van der Waals surface area contributed by atoms with Crippen molar-refractivity contribution in [3.63, 3.8) is 0 Å². The number of alkyl halides is 3. The second-order valence-corrected chi connectivity index (χ2v) is 8.15. The molecule has 7 nitrogen and oxygen atoms in total. The fourth-order valence-electron chi connectivity index (χ4n) is 4.16. The SMILES string of the molecule is CCC.CF.O=C(Nc1ccccc1C(F)F)c1cnn2ccc(N3CC4CCC3CN4)nc12. The number of piperazine rings is 1.